The average Bonchev–Trinajstić information content (AvgIpc) is 2.72. The molecule has 0 saturated heterocycles. The number of carbonyl (C=O) groups excluding carboxylic acids is 2. The van der Waals surface area contributed by atoms with Gasteiger partial charge in [0.1, 0.15) is 0 Å². The van der Waals surface area contributed by atoms with Gasteiger partial charge in [-0.1, -0.05) is 48.5 Å². The van der Waals surface area contributed by atoms with E-state index in [0.29, 0.717) is 5.56 Å². The minimum atomic E-state index is -1.01. The molecule has 1 heterocycles. The molecule has 6 heteroatoms. The molecule has 4 aromatic rings. The summed E-state index contributed by atoms with van der Waals surface area (Å²) in [5, 5.41) is 5.97. The molecule has 0 bridgehead atoms. The summed E-state index contributed by atoms with van der Waals surface area (Å²) in [5.74, 6) is -0.889. The number of benzene rings is 3. The van der Waals surface area contributed by atoms with E-state index in [-0.39, 0.29) is 5.95 Å². The lowest BCUT2D eigenvalue weighted by Gasteiger charge is -2.15. The summed E-state index contributed by atoms with van der Waals surface area (Å²) >= 11 is 0. The van der Waals surface area contributed by atoms with Crippen LogP contribution in [-0.2, 0) is 9.53 Å². The maximum atomic E-state index is 13.0. The van der Waals surface area contributed by atoms with Crippen LogP contribution in [0.2, 0.25) is 0 Å². The highest BCUT2D eigenvalue weighted by Gasteiger charge is 2.22. The lowest BCUT2D eigenvalue weighted by molar-refractivity contribution is -0.123. The van der Waals surface area contributed by atoms with Crippen LogP contribution in [0.1, 0.15) is 17.3 Å². The quantitative estimate of drug-likeness (QED) is 0.434. The van der Waals surface area contributed by atoms with E-state index in [1.165, 1.54) is 19.3 Å². The molecule has 4 rings (SSSR count). The molecule has 138 valence electrons. The largest absolute Gasteiger partial charge is 0.449 e. The Morgan fingerprint density at radius 3 is 2.07 bits per heavy atom. The van der Waals surface area contributed by atoms with Gasteiger partial charge < -0.3 is 4.74 Å². The van der Waals surface area contributed by atoms with Gasteiger partial charge in [-0.25, -0.2) is 14.8 Å². The zero-order chi connectivity index (χ0) is 19.5. The monoisotopic (exact) mass is 371 g/mol. The van der Waals surface area contributed by atoms with Gasteiger partial charge in [0.05, 0.1) is 5.56 Å². The van der Waals surface area contributed by atoms with Crippen LogP contribution in [0.3, 0.4) is 0 Å². The number of esters is 1. The van der Waals surface area contributed by atoms with Crippen molar-refractivity contribution in [1.29, 1.82) is 0 Å². The number of fused-ring (bicyclic) bond motifs is 2. The van der Waals surface area contributed by atoms with Crippen LogP contribution in [0.4, 0.5) is 5.95 Å². The second-order valence-electron chi connectivity index (χ2n) is 6.30. The van der Waals surface area contributed by atoms with Gasteiger partial charge >= 0.3 is 5.97 Å². The predicted octanol–water partition coefficient (Wildman–Crippen LogP) is 3.97. The van der Waals surface area contributed by atoms with Crippen molar-refractivity contribution in [2.45, 2.75) is 13.0 Å². The fourth-order valence-corrected chi connectivity index (χ4v) is 3.08. The number of aromatic nitrogens is 2. The number of ether oxygens (including phenoxy) is 1. The van der Waals surface area contributed by atoms with Crippen LogP contribution in [0, 0.1) is 0 Å². The molecule has 1 atom stereocenters. The number of amides is 1. The standard InChI is InChI=1S/C22H17N3O3/c1-14(20(26)25-22-23-11-6-12-24-22)28-21(27)19-17-9-4-2-7-15(17)13-16-8-3-5-10-18(16)19/h2-14H,1H3,(H,23,24,25,26). The molecule has 0 spiro atoms. The van der Waals surface area contributed by atoms with Crippen LogP contribution >= 0.6 is 0 Å². The van der Waals surface area contributed by atoms with Crippen molar-refractivity contribution in [2.75, 3.05) is 5.32 Å². The SMILES string of the molecule is CC(OC(=O)c1c2ccccc2cc2ccccc12)C(=O)Nc1ncccn1. The van der Waals surface area contributed by atoms with Gasteiger partial charge in [-0.3, -0.25) is 10.1 Å². The summed E-state index contributed by atoms with van der Waals surface area (Å²) < 4.78 is 5.48. The molecule has 1 unspecified atom stereocenters. The van der Waals surface area contributed by atoms with Gasteiger partial charge in [0.2, 0.25) is 5.95 Å². The third kappa shape index (κ3) is 3.40. The first-order valence-corrected chi connectivity index (χ1v) is 8.83. The molecular formula is C22H17N3O3. The van der Waals surface area contributed by atoms with Crippen molar-refractivity contribution in [3.05, 3.63) is 78.6 Å². The number of carbonyl (C=O) groups is 2. The van der Waals surface area contributed by atoms with Crippen LogP contribution in [0.15, 0.2) is 73.1 Å². The number of rotatable bonds is 4. The van der Waals surface area contributed by atoms with E-state index in [9.17, 15) is 9.59 Å². The molecule has 0 aliphatic rings. The van der Waals surface area contributed by atoms with Crippen molar-refractivity contribution >= 4 is 39.4 Å². The van der Waals surface area contributed by atoms with Gasteiger partial charge in [-0.05, 0) is 40.6 Å². The lowest BCUT2D eigenvalue weighted by atomic mass is 9.97. The number of anilines is 1. The fourth-order valence-electron chi connectivity index (χ4n) is 3.08. The zero-order valence-electron chi connectivity index (χ0n) is 15.1. The Kier molecular flexibility index (Phi) is 4.68. The molecule has 6 nitrogen and oxygen atoms in total. The van der Waals surface area contributed by atoms with Crippen molar-refractivity contribution in [3.8, 4) is 0 Å². The van der Waals surface area contributed by atoms with E-state index in [1.54, 1.807) is 6.07 Å². The Morgan fingerprint density at radius 2 is 1.46 bits per heavy atom. The molecule has 0 aliphatic heterocycles. The summed E-state index contributed by atoms with van der Waals surface area (Å²) in [7, 11) is 0. The lowest BCUT2D eigenvalue weighted by Crippen LogP contribution is -2.30. The van der Waals surface area contributed by atoms with Crippen LogP contribution in [0.5, 0.6) is 0 Å². The normalized spacial score (nSPS) is 11.9. The summed E-state index contributed by atoms with van der Waals surface area (Å²) in [5.41, 5.74) is 0.448. The number of nitrogens with one attached hydrogen (secondary N) is 1. The molecule has 1 amide bonds. The smallest absolute Gasteiger partial charge is 0.340 e. The van der Waals surface area contributed by atoms with Gasteiger partial charge in [0.25, 0.3) is 5.91 Å². The average molecular weight is 371 g/mol. The molecular weight excluding hydrogens is 354 g/mol. The second-order valence-corrected chi connectivity index (χ2v) is 6.30. The van der Waals surface area contributed by atoms with E-state index in [0.717, 1.165) is 21.5 Å². The molecule has 0 saturated carbocycles. The van der Waals surface area contributed by atoms with Gasteiger partial charge in [-0.2, -0.15) is 0 Å². The van der Waals surface area contributed by atoms with Crippen LogP contribution in [0.25, 0.3) is 21.5 Å². The summed E-state index contributed by atoms with van der Waals surface area (Å²) in [6, 6.07) is 18.9. The van der Waals surface area contributed by atoms with Crippen LogP contribution < -0.4 is 5.32 Å². The van der Waals surface area contributed by atoms with Crippen molar-refractivity contribution in [1.82, 2.24) is 9.97 Å². The molecule has 1 aromatic heterocycles. The Hall–Kier alpha value is -3.80. The van der Waals surface area contributed by atoms with E-state index >= 15 is 0 Å². The number of hydrogen-bond donors (Lipinski definition) is 1. The minimum absolute atomic E-state index is 0.158. The van der Waals surface area contributed by atoms with Crippen molar-refractivity contribution < 1.29 is 14.3 Å². The third-order valence-electron chi connectivity index (χ3n) is 4.43. The maximum absolute atomic E-state index is 13.0. The number of hydrogen-bond acceptors (Lipinski definition) is 5. The topological polar surface area (TPSA) is 81.2 Å². The first-order valence-electron chi connectivity index (χ1n) is 8.83. The van der Waals surface area contributed by atoms with Gasteiger partial charge in [0, 0.05) is 12.4 Å². The maximum Gasteiger partial charge on any atom is 0.340 e. The molecule has 0 aliphatic carbocycles. The van der Waals surface area contributed by atoms with E-state index in [2.05, 4.69) is 15.3 Å². The van der Waals surface area contributed by atoms with Gasteiger partial charge in [0.15, 0.2) is 6.10 Å². The summed E-state index contributed by atoms with van der Waals surface area (Å²) in [6.45, 7) is 1.52. The molecule has 0 fully saturated rings. The molecule has 28 heavy (non-hydrogen) atoms. The predicted molar refractivity (Wildman–Crippen MR) is 107 cm³/mol. The summed E-state index contributed by atoms with van der Waals surface area (Å²) in [4.78, 5) is 33.2. The first kappa shape index (κ1) is 17.6. The number of nitrogens with zero attached hydrogens (tertiary/aromatic N) is 2. The fraction of sp³-hybridized carbons (Fsp3) is 0.0909. The first-order chi connectivity index (χ1) is 13.6. The van der Waals surface area contributed by atoms with Crippen molar-refractivity contribution in [2.24, 2.45) is 0 Å². The molecule has 1 N–H and O–H groups in total. The van der Waals surface area contributed by atoms with Gasteiger partial charge in [-0.15, -0.1) is 0 Å². The Bertz CT molecular complexity index is 1120. The van der Waals surface area contributed by atoms with E-state index in [4.69, 9.17) is 4.74 Å². The highest BCUT2D eigenvalue weighted by atomic mass is 16.5. The summed E-state index contributed by atoms with van der Waals surface area (Å²) in [6.07, 6.45) is 2.03. The Labute approximate surface area is 161 Å². The second kappa shape index (κ2) is 7.44. The molecule has 0 radical (unpaired) electrons. The minimum Gasteiger partial charge on any atom is -0.449 e. The zero-order valence-corrected chi connectivity index (χ0v) is 15.1. The highest BCUT2D eigenvalue weighted by molar-refractivity contribution is 6.17. The Balaban J connectivity index is 1.65. The van der Waals surface area contributed by atoms with Crippen LogP contribution in [-0.4, -0.2) is 27.9 Å². The third-order valence-corrected chi connectivity index (χ3v) is 4.43. The van der Waals surface area contributed by atoms with E-state index < -0.39 is 18.0 Å². The van der Waals surface area contributed by atoms with Crippen molar-refractivity contribution in [3.63, 3.8) is 0 Å². The molecule has 3 aromatic carbocycles. The highest BCUT2D eigenvalue weighted by Crippen LogP contribution is 2.29. The Morgan fingerprint density at radius 1 is 0.893 bits per heavy atom. The van der Waals surface area contributed by atoms with E-state index in [1.807, 2.05) is 54.6 Å².